The van der Waals surface area contributed by atoms with Gasteiger partial charge in [0.05, 0.1) is 18.3 Å². The normalized spacial score (nSPS) is 35.4. The second kappa shape index (κ2) is 15.5. The van der Waals surface area contributed by atoms with Gasteiger partial charge >= 0.3 is 11.9 Å². The Morgan fingerprint density at radius 1 is 0.973 bits per heavy atom. The lowest BCUT2D eigenvalue weighted by Crippen LogP contribution is -2.60. The van der Waals surface area contributed by atoms with Crippen molar-refractivity contribution >= 4 is 11.9 Å². The zero-order valence-corrected chi connectivity index (χ0v) is 21.2. The maximum absolute atomic E-state index is 11.4. The summed E-state index contributed by atoms with van der Waals surface area (Å²) in [5.74, 6) is -3.20. The number of rotatable bonds is 15. The molecule has 0 amide bonds. The average Bonchev–Trinajstić information content (AvgIpc) is 3.11. The van der Waals surface area contributed by atoms with Gasteiger partial charge in [0, 0.05) is 18.8 Å². The number of carboxylic acid groups (broad SMARTS) is 2. The van der Waals surface area contributed by atoms with Gasteiger partial charge in [0.15, 0.2) is 12.4 Å². The van der Waals surface area contributed by atoms with E-state index in [4.69, 9.17) is 14.6 Å². The first-order valence-corrected chi connectivity index (χ1v) is 13.1. The first kappa shape index (κ1) is 31.4. The fraction of sp³-hybridized carbons (Fsp3) is 0.769. The molecule has 0 radical (unpaired) electrons. The van der Waals surface area contributed by atoms with E-state index >= 15 is 0 Å². The second-order valence-electron chi connectivity index (χ2n) is 9.89. The van der Waals surface area contributed by atoms with E-state index in [1.807, 2.05) is 6.08 Å². The number of carbonyl (C=O) groups is 2. The molecule has 212 valence electrons. The van der Waals surface area contributed by atoms with Crippen molar-refractivity contribution < 1.29 is 54.8 Å². The third-order valence-corrected chi connectivity index (χ3v) is 7.01. The van der Waals surface area contributed by atoms with E-state index in [1.165, 1.54) is 0 Å². The summed E-state index contributed by atoms with van der Waals surface area (Å²) in [5.41, 5.74) is 0. The van der Waals surface area contributed by atoms with Crippen LogP contribution in [-0.2, 0) is 19.1 Å². The van der Waals surface area contributed by atoms with Crippen molar-refractivity contribution in [3.8, 4) is 0 Å². The number of aliphatic hydroxyl groups is 5. The van der Waals surface area contributed by atoms with Crippen molar-refractivity contribution in [1.82, 2.24) is 0 Å². The Labute approximate surface area is 217 Å². The van der Waals surface area contributed by atoms with Crippen LogP contribution >= 0.6 is 0 Å². The number of carboxylic acids is 2. The van der Waals surface area contributed by atoms with Gasteiger partial charge < -0.3 is 45.2 Å². The van der Waals surface area contributed by atoms with Crippen LogP contribution in [0, 0.1) is 11.8 Å². The summed E-state index contributed by atoms with van der Waals surface area (Å²) in [5, 5.41) is 69.5. The molecule has 2 rings (SSSR count). The molecule has 0 spiro atoms. The average molecular weight is 531 g/mol. The quantitative estimate of drug-likeness (QED) is 0.118. The molecule has 0 aromatic rings. The minimum atomic E-state index is -1.86. The Morgan fingerprint density at radius 3 is 2.35 bits per heavy atom. The van der Waals surface area contributed by atoms with Gasteiger partial charge in [0.2, 0.25) is 0 Å². The number of hydrogen-bond donors (Lipinski definition) is 7. The fourth-order valence-electron chi connectivity index (χ4n) is 4.84. The van der Waals surface area contributed by atoms with Crippen LogP contribution in [0.5, 0.6) is 0 Å². The van der Waals surface area contributed by atoms with Crippen LogP contribution in [0.25, 0.3) is 0 Å². The van der Waals surface area contributed by atoms with E-state index in [2.05, 4.69) is 13.0 Å². The van der Waals surface area contributed by atoms with Crippen LogP contribution in [0.1, 0.15) is 64.7 Å². The molecule has 2 unspecified atom stereocenters. The molecule has 1 saturated heterocycles. The predicted octanol–water partition coefficient (Wildman–Crippen LogP) is 0.959. The lowest BCUT2D eigenvalue weighted by Gasteiger charge is -2.39. The standard InChI is InChI=1S/C26H42O11/c1-2-3-4-5-6-7-10-16-17(19(28)14-18(16)27)13-12-15(9-8-11-20(29)30)36-26-23(33)21(31)22(32)24(37-26)25(34)35/h6-7,12-13,15-19,21-24,26-28,31-33H,2-5,8-11,14H2,1H3,(H,29,30)(H,34,35)/b7-6-,13-12+/t15-,16-,17+,18-,19+,21-,22-,23+,24?,26?/m1/s1. The van der Waals surface area contributed by atoms with E-state index in [-0.39, 0.29) is 31.6 Å². The number of hydrogen-bond acceptors (Lipinski definition) is 9. The van der Waals surface area contributed by atoms with E-state index in [0.717, 1.165) is 25.7 Å². The summed E-state index contributed by atoms with van der Waals surface area (Å²) < 4.78 is 10.9. The van der Waals surface area contributed by atoms with Crippen LogP contribution in [0.4, 0.5) is 0 Å². The van der Waals surface area contributed by atoms with Crippen molar-refractivity contribution in [2.45, 2.75) is 114 Å². The van der Waals surface area contributed by atoms with Crippen LogP contribution in [0.15, 0.2) is 24.3 Å². The largest absolute Gasteiger partial charge is 0.481 e. The molecule has 1 heterocycles. The maximum atomic E-state index is 11.4. The number of aliphatic carboxylic acids is 2. The van der Waals surface area contributed by atoms with E-state index in [1.54, 1.807) is 12.2 Å². The number of aliphatic hydroxyl groups excluding tert-OH is 5. The molecular formula is C26H42O11. The van der Waals surface area contributed by atoms with Crippen molar-refractivity contribution in [3.05, 3.63) is 24.3 Å². The van der Waals surface area contributed by atoms with E-state index < -0.39 is 66.9 Å². The lowest BCUT2D eigenvalue weighted by molar-refractivity contribution is -0.300. The zero-order valence-electron chi connectivity index (χ0n) is 21.2. The van der Waals surface area contributed by atoms with Gasteiger partial charge in [0.1, 0.15) is 18.3 Å². The molecule has 11 nitrogen and oxygen atoms in total. The molecular weight excluding hydrogens is 488 g/mol. The Balaban J connectivity index is 2.12. The molecule has 2 aliphatic rings. The summed E-state index contributed by atoms with van der Waals surface area (Å²) in [6.07, 6.45) is 1.43. The van der Waals surface area contributed by atoms with Gasteiger partial charge in [-0.25, -0.2) is 4.79 Å². The van der Waals surface area contributed by atoms with E-state index in [0.29, 0.717) is 6.42 Å². The van der Waals surface area contributed by atoms with Crippen LogP contribution in [0.2, 0.25) is 0 Å². The molecule has 2 fully saturated rings. The number of allylic oxidation sites excluding steroid dienone is 2. The minimum absolute atomic E-state index is 0.156. The van der Waals surface area contributed by atoms with Crippen LogP contribution < -0.4 is 0 Å². The third-order valence-electron chi connectivity index (χ3n) is 7.01. The Bertz CT molecular complexity index is 770. The van der Waals surface area contributed by atoms with Gasteiger partial charge in [-0.3, -0.25) is 4.79 Å². The highest BCUT2D eigenvalue weighted by Gasteiger charge is 2.48. The highest BCUT2D eigenvalue weighted by atomic mass is 16.7. The molecule has 0 bridgehead atoms. The van der Waals surface area contributed by atoms with Crippen molar-refractivity contribution in [2.75, 3.05) is 0 Å². The van der Waals surface area contributed by atoms with Gasteiger partial charge in [-0.1, -0.05) is 44.1 Å². The van der Waals surface area contributed by atoms with Gasteiger partial charge in [-0.15, -0.1) is 0 Å². The topological polar surface area (TPSA) is 194 Å². The smallest absolute Gasteiger partial charge is 0.335 e. The first-order chi connectivity index (χ1) is 17.6. The molecule has 1 aliphatic carbocycles. The zero-order chi connectivity index (χ0) is 27.5. The predicted molar refractivity (Wildman–Crippen MR) is 131 cm³/mol. The van der Waals surface area contributed by atoms with Gasteiger partial charge in [-0.05, 0) is 38.0 Å². The Kier molecular flexibility index (Phi) is 13.2. The van der Waals surface area contributed by atoms with E-state index in [9.17, 15) is 40.2 Å². The monoisotopic (exact) mass is 530 g/mol. The molecule has 1 aliphatic heterocycles. The van der Waals surface area contributed by atoms with Crippen LogP contribution in [-0.4, -0.2) is 96.7 Å². The summed E-state index contributed by atoms with van der Waals surface area (Å²) >= 11 is 0. The van der Waals surface area contributed by atoms with Crippen molar-refractivity contribution in [2.24, 2.45) is 11.8 Å². The first-order valence-electron chi connectivity index (χ1n) is 13.1. The lowest BCUT2D eigenvalue weighted by atomic mass is 9.89. The third kappa shape index (κ3) is 9.43. The molecule has 7 N–H and O–H groups in total. The summed E-state index contributed by atoms with van der Waals surface area (Å²) in [4.78, 5) is 22.4. The van der Waals surface area contributed by atoms with Crippen LogP contribution in [0.3, 0.4) is 0 Å². The highest BCUT2D eigenvalue weighted by molar-refractivity contribution is 5.73. The molecule has 1 saturated carbocycles. The minimum Gasteiger partial charge on any atom is -0.481 e. The molecule has 0 aromatic heterocycles. The Morgan fingerprint density at radius 2 is 1.70 bits per heavy atom. The summed E-state index contributed by atoms with van der Waals surface area (Å²) in [6.45, 7) is 2.13. The summed E-state index contributed by atoms with van der Waals surface area (Å²) in [7, 11) is 0. The SMILES string of the molecule is CCCCC/C=C\C[C@@H]1[C@H](/C=C/[C@@H](CCCC(=O)O)OC2OC(C(=O)O)[C@H](O)[C@@H](O)[C@@H]2O)[C@@H](O)C[C@H]1O. The Hall–Kier alpha value is -1.86. The second-order valence-corrected chi connectivity index (χ2v) is 9.89. The fourth-order valence-corrected chi connectivity index (χ4v) is 4.84. The highest BCUT2D eigenvalue weighted by Crippen LogP contribution is 2.36. The number of ether oxygens (including phenoxy) is 2. The van der Waals surface area contributed by atoms with Gasteiger partial charge in [0.25, 0.3) is 0 Å². The summed E-state index contributed by atoms with van der Waals surface area (Å²) in [6, 6.07) is 0. The molecule has 11 heteroatoms. The number of unbranched alkanes of at least 4 members (excludes halogenated alkanes) is 3. The molecule has 0 aromatic carbocycles. The van der Waals surface area contributed by atoms with Crippen molar-refractivity contribution in [3.63, 3.8) is 0 Å². The molecule has 37 heavy (non-hydrogen) atoms. The van der Waals surface area contributed by atoms with Crippen molar-refractivity contribution in [1.29, 1.82) is 0 Å². The molecule has 10 atom stereocenters. The maximum Gasteiger partial charge on any atom is 0.335 e. The van der Waals surface area contributed by atoms with Gasteiger partial charge in [-0.2, -0.15) is 0 Å².